The highest BCUT2D eigenvalue weighted by Crippen LogP contribution is 2.27. The molecule has 9 nitrogen and oxygen atoms in total. The monoisotopic (exact) mass is 349 g/mol. The van der Waals surface area contributed by atoms with E-state index in [-0.39, 0.29) is 17.4 Å². The van der Waals surface area contributed by atoms with Crippen molar-refractivity contribution in [1.29, 1.82) is 0 Å². The molecule has 26 heavy (non-hydrogen) atoms. The lowest BCUT2D eigenvalue weighted by molar-refractivity contribution is 0.0727. The van der Waals surface area contributed by atoms with Crippen LogP contribution in [0.25, 0.3) is 11.3 Å². The van der Waals surface area contributed by atoms with Crippen molar-refractivity contribution in [3.05, 3.63) is 53.8 Å². The third-order valence-electron chi connectivity index (χ3n) is 4.29. The molecule has 130 valence electrons. The standard InChI is InChI=1S/C17H15N7O2/c1-10(25)14-4-15(23-22-14)17(26)24-3-2-13-12(7-24)16(21-9-20-13)11-5-18-8-19-6-11/h4-6,8-9H,2-3,7H2,1H3,(H,22,23). The molecule has 0 aliphatic carbocycles. The van der Waals surface area contributed by atoms with Crippen LogP contribution in [0, 0.1) is 0 Å². The Morgan fingerprint density at radius 1 is 1.15 bits per heavy atom. The van der Waals surface area contributed by atoms with Crippen LogP contribution < -0.4 is 0 Å². The van der Waals surface area contributed by atoms with E-state index < -0.39 is 0 Å². The van der Waals surface area contributed by atoms with Crippen molar-refractivity contribution in [2.24, 2.45) is 0 Å². The first kappa shape index (κ1) is 16.0. The van der Waals surface area contributed by atoms with Gasteiger partial charge in [-0.2, -0.15) is 5.10 Å². The highest BCUT2D eigenvalue weighted by Gasteiger charge is 2.27. The molecular formula is C17H15N7O2. The van der Waals surface area contributed by atoms with Crippen molar-refractivity contribution in [2.45, 2.75) is 19.9 Å². The highest BCUT2D eigenvalue weighted by molar-refractivity contribution is 5.97. The summed E-state index contributed by atoms with van der Waals surface area (Å²) in [6, 6.07) is 1.48. The fourth-order valence-electron chi connectivity index (χ4n) is 2.97. The summed E-state index contributed by atoms with van der Waals surface area (Å²) in [7, 11) is 0. The average Bonchev–Trinajstić information content (AvgIpc) is 3.18. The lowest BCUT2D eigenvalue weighted by atomic mass is 10.0. The molecule has 3 aromatic rings. The number of nitrogens with zero attached hydrogens (tertiary/aromatic N) is 6. The number of nitrogens with one attached hydrogen (secondary N) is 1. The van der Waals surface area contributed by atoms with Crippen molar-refractivity contribution in [3.63, 3.8) is 0 Å². The fraction of sp³-hybridized carbons (Fsp3) is 0.235. The number of amides is 1. The summed E-state index contributed by atoms with van der Waals surface area (Å²) in [4.78, 5) is 42.6. The Morgan fingerprint density at radius 2 is 1.96 bits per heavy atom. The van der Waals surface area contributed by atoms with Crippen LogP contribution in [-0.4, -0.2) is 53.3 Å². The first-order valence-electron chi connectivity index (χ1n) is 8.07. The summed E-state index contributed by atoms with van der Waals surface area (Å²) in [6.45, 7) is 2.31. The normalized spacial score (nSPS) is 13.3. The van der Waals surface area contributed by atoms with E-state index in [1.54, 1.807) is 17.3 Å². The van der Waals surface area contributed by atoms with Crippen LogP contribution in [-0.2, 0) is 13.0 Å². The van der Waals surface area contributed by atoms with Crippen LogP contribution in [0.4, 0.5) is 0 Å². The maximum absolute atomic E-state index is 12.8. The first-order valence-corrected chi connectivity index (χ1v) is 8.07. The molecule has 0 atom stereocenters. The number of carbonyl (C=O) groups excluding carboxylic acids is 2. The molecule has 0 spiro atoms. The van der Waals surface area contributed by atoms with E-state index in [9.17, 15) is 9.59 Å². The second kappa shape index (κ2) is 6.43. The maximum atomic E-state index is 12.8. The zero-order chi connectivity index (χ0) is 18.1. The minimum absolute atomic E-state index is 0.191. The lowest BCUT2D eigenvalue weighted by Gasteiger charge is -2.28. The van der Waals surface area contributed by atoms with Crippen LogP contribution in [0.5, 0.6) is 0 Å². The smallest absolute Gasteiger partial charge is 0.272 e. The van der Waals surface area contributed by atoms with Crippen molar-refractivity contribution in [3.8, 4) is 11.3 Å². The minimum atomic E-state index is -0.213. The molecule has 1 aliphatic rings. The van der Waals surface area contributed by atoms with Gasteiger partial charge in [0.2, 0.25) is 0 Å². The second-order valence-electron chi connectivity index (χ2n) is 5.97. The Labute approximate surface area is 148 Å². The zero-order valence-corrected chi connectivity index (χ0v) is 14.0. The van der Waals surface area contributed by atoms with Crippen molar-refractivity contribution >= 4 is 11.7 Å². The topological polar surface area (TPSA) is 118 Å². The van der Waals surface area contributed by atoms with Gasteiger partial charge >= 0.3 is 0 Å². The Hall–Kier alpha value is -3.49. The summed E-state index contributed by atoms with van der Waals surface area (Å²) < 4.78 is 0. The van der Waals surface area contributed by atoms with E-state index in [1.165, 1.54) is 25.6 Å². The van der Waals surface area contributed by atoms with Crippen LogP contribution >= 0.6 is 0 Å². The van der Waals surface area contributed by atoms with Gasteiger partial charge in [0.1, 0.15) is 24.0 Å². The van der Waals surface area contributed by atoms with Crippen molar-refractivity contribution in [1.82, 2.24) is 35.0 Å². The van der Waals surface area contributed by atoms with Gasteiger partial charge in [0.25, 0.3) is 5.91 Å². The van der Waals surface area contributed by atoms with Gasteiger partial charge in [0.15, 0.2) is 5.78 Å². The Morgan fingerprint density at radius 3 is 2.69 bits per heavy atom. The van der Waals surface area contributed by atoms with Gasteiger partial charge < -0.3 is 4.90 Å². The third-order valence-corrected chi connectivity index (χ3v) is 4.29. The molecule has 0 radical (unpaired) electrons. The number of rotatable bonds is 3. The summed E-state index contributed by atoms with van der Waals surface area (Å²) in [5.74, 6) is -0.404. The van der Waals surface area contributed by atoms with Gasteiger partial charge in [0.05, 0.1) is 11.4 Å². The van der Waals surface area contributed by atoms with Crippen LogP contribution in [0.15, 0.2) is 31.1 Å². The van der Waals surface area contributed by atoms with E-state index >= 15 is 0 Å². The predicted molar refractivity (Wildman–Crippen MR) is 90.1 cm³/mol. The summed E-state index contributed by atoms with van der Waals surface area (Å²) >= 11 is 0. The zero-order valence-electron chi connectivity index (χ0n) is 14.0. The Kier molecular flexibility index (Phi) is 3.96. The van der Waals surface area contributed by atoms with Gasteiger partial charge in [-0.1, -0.05) is 0 Å². The number of Topliss-reactive ketones (excluding diaryl/α,β-unsaturated/α-hetero) is 1. The number of hydrogen-bond acceptors (Lipinski definition) is 7. The molecule has 0 unspecified atom stereocenters. The van der Waals surface area contributed by atoms with Gasteiger partial charge in [-0.3, -0.25) is 14.7 Å². The van der Waals surface area contributed by atoms with E-state index in [4.69, 9.17) is 0 Å². The molecule has 0 saturated carbocycles. The molecule has 0 bridgehead atoms. The van der Waals surface area contributed by atoms with Gasteiger partial charge in [0, 0.05) is 50.0 Å². The number of fused-ring (bicyclic) bond motifs is 1. The predicted octanol–water partition coefficient (Wildman–Crippen LogP) is 1.06. The summed E-state index contributed by atoms with van der Waals surface area (Å²) in [6.07, 6.45) is 6.97. The Bertz CT molecular complexity index is 984. The average molecular weight is 349 g/mol. The molecule has 3 aromatic heterocycles. The van der Waals surface area contributed by atoms with Crippen LogP contribution in [0.2, 0.25) is 0 Å². The van der Waals surface area contributed by atoms with E-state index in [1.807, 2.05) is 0 Å². The highest BCUT2D eigenvalue weighted by atomic mass is 16.2. The van der Waals surface area contributed by atoms with E-state index in [2.05, 4.69) is 30.1 Å². The molecule has 1 aliphatic heterocycles. The molecule has 0 aromatic carbocycles. The molecule has 1 amide bonds. The molecular weight excluding hydrogens is 334 g/mol. The minimum Gasteiger partial charge on any atom is -0.332 e. The number of ketones is 1. The summed E-state index contributed by atoms with van der Waals surface area (Å²) in [5.41, 5.74) is 3.84. The van der Waals surface area contributed by atoms with Gasteiger partial charge in [-0.25, -0.2) is 19.9 Å². The number of hydrogen-bond donors (Lipinski definition) is 1. The fourth-order valence-corrected chi connectivity index (χ4v) is 2.97. The first-order chi connectivity index (χ1) is 12.6. The van der Waals surface area contributed by atoms with Crippen LogP contribution in [0.1, 0.15) is 39.2 Å². The number of aromatic nitrogens is 6. The Balaban J connectivity index is 1.65. The molecule has 9 heteroatoms. The van der Waals surface area contributed by atoms with Gasteiger partial charge in [-0.05, 0) is 6.07 Å². The molecule has 0 saturated heterocycles. The van der Waals surface area contributed by atoms with Crippen molar-refractivity contribution < 1.29 is 9.59 Å². The second-order valence-corrected chi connectivity index (χ2v) is 5.97. The number of carbonyl (C=O) groups is 2. The van der Waals surface area contributed by atoms with Crippen molar-refractivity contribution in [2.75, 3.05) is 6.54 Å². The number of aromatic amines is 1. The largest absolute Gasteiger partial charge is 0.332 e. The molecule has 4 rings (SSSR count). The van der Waals surface area contributed by atoms with Gasteiger partial charge in [-0.15, -0.1) is 0 Å². The maximum Gasteiger partial charge on any atom is 0.272 e. The molecule has 4 heterocycles. The third kappa shape index (κ3) is 2.83. The SMILES string of the molecule is CC(=O)c1cc(C(=O)N2CCc3ncnc(-c4cncnc4)c3C2)[nH]n1. The molecule has 0 fully saturated rings. The van der Waals surface area contributed by atoms with E-state index in [0.29, 0.717) is 25.2 Å². The molecule has 1 N–H and O–H groups in total. The van der Waals surface area contributed by atoms with Crippen LogP contribution in [0.3, 0.4) is 0 Å². The number of H-pyrrole nitrogens is 1. The van der Waals surface area contributed by atoms with E-state index in [0.717, 1.165) is 22.5 Å². The quantitative estimate of drug-likeness (QED) is 0.702. The lowest BCUT2D eigenvalue weighted by Crippen LogP contribution is -2.37. The summed E-state index contributed by atoms with van der Waals surface area (Å²) in [5, 5.41) is 6.52.